The van der Waals surface area contributed by atoms with E-state index in [4.69, 9.17) is 4.42 Å². The number of hydrogen-bond donors (Lipinski definition) is 2. The number of aromatic nitrogens is 1. The van der Waals surface area contributed by atoms with Crippen LogP contribution in [0.3, 0.4) is 0 Å². The number of non-ortho nitro benzene ring substituents is 1. The maximum absolute atomic E-state index is 11.9. The van der Waals surface area contributed by atoms with Crippen molar-refractivity contribution in [3.8, 4) is 0 Å². The number of rotatable bonds is 8. The SMILES string of the molecule is O=C(CSc1nc2ccccc2o1)NCCNc1ccc([N+](=O)[O-])cc1. The number of nitrogens with zero attached hydrogens (tertiary/aromatic N) is 2. The van der Waals surface area contributed by atoms with Gasteiger partial charge < -0.3 is 15.1 Å². The van der Waals surface area contributed by atoms with Gasteiger partial charge in [0.15, 0.2) is 5.58 Å². The number of carbonyl (C=O) groups excluding carboxylic acids is 1. The fourth-order valence-electron chi connectivity index (χ4n) is 2.20. The number of benzene rings is 2. The lowest BCUT2D eigenvalue weighted by molar-refractivity contribution is -0.384. The van der Waals surface area contributed by atoms with Gasteiger partial charge in [-0.05, 0) is 24.3 Å². The number of carbonyl (C=O) groups is 1. The Morgan fingerprint density at radius 2 is 1.92 bits per heavy atom. The van der Waals surface area contributed by atoms with Crippen LogP contribution in [0.2, 0.25) is 0 Å². The zero-order valence-corrected chi connectivity index (χ0v) is 14.5. The number of para-hydroxylation sites is 2. The van der Waals surface area contributed by atoms with E-state index in [1.807, 2.05) is 24.3 Å². The predicted molar refractivity (Wildman–Crippen MR) is 99.3 cm³/mol. The quantitative estimate of drug-likeness (QED) is 0.271. The van der Waals surface area contributed by atoms with E-state index in [1.165, 1.54) is 23.9 Å². The summed E-state index contributed by atoms with van der Waals surface area (Å²) in [6, 6.07) is 13.5. The lowest BCUT2D eigenvalue weighted by Gasteiger charge is -2.07. The fraction of sp³-hybridized carbons (Fsp3) is 0.176. The average molecular weight is 372 g/mol. The summed E-state index contributed by atoms with van der Waals surface area (Å²) in [4.78, 5) is 26.3. The van der Waals surface area contributed by atoms with Gasteiger partial charge in [0.2, 0.25) is 5.91 Å². The van der Waals surface area contributed by atoms with Crippen LogP contribution in [-0.4, -0.2) is 34.7 Å². The maximum atomic E-state index is 11.9. The third-order valence-corrected chi connectivity index (χ3v) is 4.28. The molecule has 0 unspecified atom stereocenters. The molecule has 0 bridgehead atoms. The minimum absolute atomic E-state index is 0.0417. The van der Waals surface area contributed by atoms with Crippen LogP contribution in [0.25, 0.3) is 11.1 Å². The molecule has 0 spiro atoms. The van der Waals surface area contributed by atoms with Crippen LogP contribution in [0, 0.1) is 10.1 Å². The number of hydrogen-bond acceptors (Lipinski definition) is 7. The first-order valence-corrected chi connectivity index (χ1v) is 8.84. The summed E-state index contributed by atoms with van der Waals surface area (Å²) in [5, 5.41) is 16.9. The van der Waals surface area contributed by atoms with Crippen LogP contribution in [0.5, 0.6) is 0 Å². The number of anilines is 1. The first-order chi connectivity index (χ1) is 12.6. The van der Waals surface area contributed by atoms with E-state index >= 15 is 0 Å². The van der Waals surface area contributed by atoms with Gasteiger partial charge >= 0.3 is 0 Å². The molecule has 9 heteroatoms. The van der Waals surface area contributed by atoms with E-state index in [2.05, 4.69) is 15.6 Å². The van der Waals surface area contributed by atoms with Crippen LogP contribution in [-0.2, 0) is 4.79 Å². The monoisotopic (exact) mass is 372 g/mol. The lowest BCUT2D eigenvalue weighted by atomic mass is 10.3. The van der Waals surface area contributed by atoms with Gasteiger partial charge in [0.1, 0.15) is 5.52 Å². The highest BCUT2D eigenvalue weighted by Crippen LogP contribution is 2.22. The van der Waals surface area contributed by atoms with Crippen molar-refractivity contribution in [3.05, 3.63) is 58.6 Å². The van der Waals surface area contributed by atoms with E-state index in [-0.39, 0.29) is 17.3 Å². The molecule has 26 heavy (non-hydrogen) atoms. The van der Waals surface area contributed by atoms with E-state index < -0.39 is 4.92 Å². The zero-order chi connectivity index (χ0) is 18.4. The minimum atomic E-state index is -0.446. The largest absolute Gasteiger partial charge is 0.431 e. The molecular weight excluding hydrogens is 356 g/mol. The molecule has 0 saturated carbocycles. The maximum Gasteiger partial charge on any atom is 0.269 e. The van der Waals surface area contributed by atoms with E-state index in [9.17, 15) is 14.9 Å². The summed E-state index contributed by atoms with van der Waals surface area (Å²) in [5.74, 6) is 0.0902. The average Bonchev–Trinajstić information content (AvgIpc) is 3.07. The Labute approximate surface area is 153 Å². The highest BCUT2D eigenvalue weighted by atomic mass is 32.2. The highest BCUT2D eigenvalue weighted by molar-refractivity contribution is 7.99. The summed E-state index contributed by atoms with van der Waals surface area (Å²) in [5.41, 5.74) is 2.26. The zero-order valence-electron chi connectivity index (χ0n) is 13.7. The van der Waals surface area contributed by atoms with Gasteiger partial charge in [-0.25, -0.2) is 4.98 Å². The van der Waals surface area contributed by atoms with Crippen molar-refractivity contribution in [2.75, 3.05) is 24.2 Å². The van der Waals surface area contributed by atoms with Gasteiger partial charge in [-0.15, -0.1) is 0 Å². The van der Waals surface area contributed by atoms with Crippen molar-refractivity contribution in [1.82, 2.24) is 10.3 Å². The Balaban J connectivity index is 1.36. The molecule has 2 N–H and O–H groups in total. The normalized spacial score (nSPS) is 10.6. The van der Waals surface area contributed by atoms with Gasteiger partial charge in [0.05, 0.1) is 10.7 Å². The van der Waals surface area contributed by atoms with Crippen LogP contribution in [0.4, 0.5) is 11.4 Å². The van der Waals surface area contributed by atoms with Crippen LogP contribution in [0.15, 0.2) is 58.2 Å². The van der Waals surface area contributed by atoms with Gasteiger partial charge in [-0.2, -0.15) is 0 Å². The molecule has 1 aromatic heterocycles. The van der Waals surface area contributed by atoms with E-state index in [1.54, 1.807) is 12.1 Å². The summed E-state index contributed by atoms with van der Waals surface area (Å²) in [6.07, 6.45) is 0. The molecule has 3 rings (SSSR count). The van der Waals surface area contributed by atoms with Crippen molar-refractivity contribution in [2.45, 2.75) is 5.22 Å². The number of fused-ring (bicyclic) bond motifs is 1. The summed E-state index contributed by atoms with van der Waals surface area (Å²) < 4.78 is 5.54. The molecule has 3 aromatic rings. The second-order valence-corrected chi connectivity index (χ2v) is 6.24. The second-order valence-electron chi connectivity index (χ2n) is 5.32. The van der Waals surface area contributed by atoms with Crippen LogP contribution < -0.4 is 10.6 Å². The minimum Gasteiger partial charge on any atom is -0.431 e. The first kappa shape index (κ1) is 17.7. The molecule has 0 saturated heterocycles. The Hall–Kier alpha value is -3.07. The van der Waals surface area contributed by atoms with Gasteiger partial charge in [0.25, 0.3) is 10.9 Å². The second kappa shape index (κ2) is 8.34. The Morgan fingerprint density at radius 3 is 2.65 bits per heavy atom. The molecule has 2 aromatic carbocycles. The molecule has 1 amide bonds. The third-order valence-electron chi connectivity index (χ3n) is 3.46. The van der Waals surface area contributed by atoms with Gasteiger partial charge in [-0.3, -0.25) is 14.9 Å². The number of oxazole rings is 1. The number of thioether (sulfide) groups is 1. The van der Waals surface area contributed by atoms with Crippen molar-refractivity contribution >= 4 is 40.1 Å². The summed E-state index contributed by atoms with van der Waals surface area (Å²) in [7, 11) is 0. The molecule has 0 radical (unpaired) electrons. The molecular formula is C17H16N4O4S. The number of nitro benzene ring substituents is 1. The van der Waals surface area contributed by atoms with Gasteiger partial charge in [0, 0.05) is 30.9 Å². The standard InChI is InChI=1S/C17H16N4O4S/c22-16(11-26-17-20-14-3-1-2-4-15(14)25-17)19-10-9-18-12-5-7-13(8-6-12)21(23)24/h1-8,18H,9-11H2,(H,19,22). The molecule has 0 fully saturated rings. The van der Waals surface area contributed by atoms with E-state index in [0.717, 1.165) is 11.2 Å². The van der Waals surface area contributed by atoms with Crippen molar-refractivity contribution < 1.29 is 14.1 Å². The molecule has 134 valence electrons. The number of amides is 1. The van der Waals surface area contributed by atoms with Crippen LogP contribution in [0.1, 0.15) is 0 Å². The molecule has 0 aliphatic rings. The number of nitrogens with one attached hydrogen (secondary N) is 2. The fourth-order valence-corrected chi connectivity index (χ4v) is 2.87. The lowest BCUT2D eigenvalue weighted by Crippen LogP contribution is -2.30. The van der Waals surface area contributed by atoms with Gasteiger partial charge in [-0.1, -0.05) is 23.9 Å². The van der Waals surface area contributed by atoms with Crippen molar-refractivity contribution in [3.63, 3.8) is 0 Å². The first-order valence-electron chi connectivity index (χ1n) is 7.85. The predicted octanol–water partition coefficient (Wildman–Crippen LogP) is 3.06. The Morgan fingerprint density at radius 1 is 1.15 bits per heavy atom. The molecule has 8 nitrogen and oxygen atoms in total. The van der Waals surface area contributed by atoms with Crippen LogP contribution >= 0.6 is 11.8 Å². The number of nitro groups is 1. The van der Waals surface area contributed by atoms with Crippen molar-refractivity contribution in [1.29, 1.82) is 0 Å². The smallest absolute Gasteiger partial charge is 0.269 e. The molecule has 1 heterocycles. The third kappa shape index (κ3) is 4.73. The van der Waals surface area contributed by atoms with E-state index in [0.29, 0.717) is 23.9 Å². The Bertz CT molecular complexity index is 878. The van der Waals surface area contributed by atoms with Crippen molar-refractivity contribution in [2.24, 2.45) is 0 Å². The molecule has 0 aliphatic carbocycles. The highest BCUT2D eigenvalue weighted by Gasteiger charge is 2.09. The Kier molecular flexibility index (Phi) is 5.69. The summed E-state index contributed by atoms with van der Waals surface area (Å²) in [6.45, 7) is 0.945. The topological polar surface area (TPSA) is 110 Å². The molecule has 0 atom stereocenters. The summed E-state index contributed by atoms with van der Waals surface area (Å²) >= 11 is 1.24. The molecule has 0 aliphatic heterocycles.